The van der Waals surface area contributed by atoms with Crippen molar-refractivity contribution in [3.63, 3.8) is 0 Å². The van der Waals surface area contributed by atoms with Gasteiger partial charge >= 0.3 is 0 Å². The van der Waals surface area contributed by atoms with Crippen LogP contribution in [0.25, 0.3) is 4.96 Å². The Kier molecular flexibility index (Phi) is 3.84. The first-order valence-corrected chi connectivity index (χ1v) is 7.41. The Bertz CT molecular complexity index is 811. The first kappa shape index (κ1) is 14.2. The van der Waals surface area contributed by atoms with E-state index in [9.17, 15) is 14.9 Å². The summed E-state index contributed by atoms with van der Waals surface area (Å²) in [7, 11) is 0. The average Bonchev–Trinajstić information content (AvgIpc) is 3.06. The second kappa shape index (κ2) is 5.94. The van der Waals surface area contributed by atoms with Crippen LogP contribution < -0.4 is 5.32 Å². The molecule has 0 unspecified atom stereocenters. The third-order valence-electron chi connectivity index (χ3n) is 3.15. The summed E-state index contributed by atoms with van der Waals surface area (Å²) in [6.45, 7) is 0.299. The van der Waals surface area contributed by atoms with Crippen molar-refractivity contribution in [1.82, 2.24) is 14.7 Å². The van der Waals surface area contributed by atoms with Crippen LogP contribution in [-0.4, -0.2) is 20.2 Å². The number of nitro benzene ring substituents is 1. The minimum Gasteiger partial charge on any atom is -0.350 e. The van der Waals surface area contributed by atoms with Crippen LogP contribution in [0.15, 0.2) is 42.0 Å². The lowest BCUT2D eigenvalue weighted by Gasteiger charge is -2.04. The van der Waals surface area contributed by atoms with Crippen molar-refractivity contribution in [2.24, 2.45) is 0 Å². The van der Waals surface area contributed by atoms with E-state index in [0.29, 0.717) is 12.1 Å². The summed E-state index contributed by atoms with van der Waals surface area (Å²) >= 11 is 1.51. The number of nitro groups is 1. The highest BCUT2D eigenvalue weighted by Gasteiger charge is 2.15. The van der Waals surface area contributed by atoms with Crippen molar-refractivity contribution in [1.29, 1.82) is 0 Å². The van der Waals surface area contributed by atoms with Gasteiger partial charge in [0.25, 0.3) is 5.69 Å². The van der Waals surface area contributed by atoms with Crippen molar-refractivity contribution >= 4 is 27.9 Å². The Balaban J connectivity index is 1.63. The van der Waals surface area contributed by atoms with E-state index in [1.165, 1.54) is 17.4 Å². The molecule has 0 aliphatic carbocycles. The van der Waals surface area contributed by atoms with E-state index in [0.717, 1.165) is 10.7 Å². The van der Waals surface area contributed by atoms with E-state index < -0.39 is 4.92 Å². The SMILES string of the molecule is O=C(Cc1ccccc1[N+](=O)[O-])NCc1cn2ccsc2n1. The predicted octanol–water partition coefficient (Wildman–Crippen LogP) is 2.16. The number of nitrogens with one attached hydrogen (secondary N) is 1. The average molecular weight is 316 g/mol. The van der Waals surface area contributed by atoms with Crippen molar-refractivity contribution in [2.75, 3.05) is 0 Å². The monoisotopic (exact) mass is 316 g/mol. The van der Waals surface area contributed by atoms with E-state index in [-0.39, 0.29) is 18.0 Å². The molecule has 3 rings (SSSR count). The van der Waals surface area contributed by atoms with Crippen LogP contribution in [0.1, 0.15) is 11.3 Å². The Morgan fingerprint density at radius 3 is 3.00 bits per heavy atom. The van der Waals surface area contributed by atoms with E-state index in [2.05, 4.69) is 10.3 Å². The van der Waals surface area contributed by atoms with Crippen LogP contribution in [0.4, 0.5) is 5.69 Å². The summed E-state index contributed by atoms with van der Waals surface area (Å²) < 4.78 is 1.88. The maximum atomic E-state index is 11.9. The number of carbonyl (C=O) groups is 1. The molecule has 1 amide bonds. The van der Waals surface area contributed by atoms with Gasteiger partial charge in [-0.15, -0.1) is 11.3 Å². The Morgan fingerprint density at radius 1 is 1.41 bits per heavy atom. The van der Waals surface area contributed by atoms with Crippen molar-refractivity contribution < 1.29 is 9.72 Å². The molecule has 0 bridgehead atoms. The number of imidazole rings is 1. The molecule has 0 spiro atoms. The van der Waals surface area contributed by atoms with Crippen molar-refractivity contribution in [2.45, 2.75) is 13.0 Å². The number of para-hydroxylation sites is 1. The maximum absolute atomic E-state index is 11.9. The number of nitrogens with zero attached hydrogens (tertiary/aromatic N) is 3. The normalized spacial score (nSPS) is 10.7. The maximum Gasteiger partial charge on any atom is 0.273 e. The van der Waals surface area contributed by atoms with Gasteiger partial charge in [-0.05, 0) is 0 Å². The molecule has 0 atom stereocenters. The minimum absolute atomic E-state index is 0.0284. The lowest BCUT2D eigenvalue weighted by Crippen LogP contribution is -2.25. The van der Waals surface area contributed by atoms with Crippen molar-refractivity contribution in [3.8, 4) is 0 Å². The zero-order valence-corrected chi connectivity index (χ0v) is 12.2. The standard InChI is InChI=1S/C14H12N4O3S/c19-13(7-10-3-1-2-4-12(10)18(20)21)15-8-11-9-17-5-6-22-14(17)16-11/h1-6,9H,7-8H2,(H,15,19). The molecule has 3 aromatic rings. The summed E-state index contributed by atoms with van der Waals surface area (Å²) in [6, 6.07) is 6.24. The fourth-order valence-corrected chi connectivity index (χ4v) is 2.84. The predicted molar refractivity (Wildman–Crippen MR) is 81.7 cm³/mol. The van der Waals surface area contributed by atoms with Crippen LogP contribution >= 0.6 is 11.3 Å². The Morgan fingerprint density at radius 2 is 2.23 bits per heavy atom. The zero-order chi connectivity index (χ0) is 15.5. The van der Waals surface area contributed by atoms with Crippen LogP contribution in [0.2, 0.25) is 0 Å². The highest BCUT2D eigenvalue weighted by molar-refractivity contribution is 7.15. The largest absolute Gasteiger partial charge is 0.350 e. The molecule has 8 heteroatoms. The molecule has 2 aromatic heterocycles. The highest BCUT2D eigenvalue weighted by Crippen LogP contribution is 2.18. The molecule has 0 radical (unpaired) electrons. The van der Waals surface area contributed by atoms with E-state index in [1.807, 2.05) is 22.2 Å². The van der Waals surface area contributed by atoms with E-state index in [4.69, 9.17) is 0 Å². The fourth-order valence-electron chi connectivity index (χ4n) is 2.12. The summed E-state index contributed by atoms with van der Waals surface area (Å²) in [4.78, 5) is 27.6. The van der Waals surface area contributed by atoms with Gasteiger partial charge in [0.1, 0.15) is 0 Å². The number of fused-ring (bicyclic) bond motifs is 1. The van der Waals surface area contributed by atoms with Gasteiger partial charge in [0, 0.05) is 29.4 Å². The molecular formula is C14H12N4O3S. The van der Waals surface area contributed by atoms with E-state index in [1.54, 1.807) is 18.2 Å². The van der Waals surface area contributed by atoms with Crippen LogP contribution in [0, 0.1) is 10.1 Å². The third-order valence-corrected chi connectivity index (χ3v) is 3.92. The van der Waals surface area contributed by atoms with Crippen LogP contribution in [0.3, 0.4) is 0 Å². The first-order valence-electron chi connectivity index (χ1n) is 6.53. The molecule has 7 nitrogen and oxygen atoms in total. The number of benzene rings is 1. The van der Waals surface area contributed by atoms with Gasteiger partial charge in [0.05, 0.1) is 23.6 Å². The quantitative estimate of drug-likeness (QED) is 0.577. The van der Waals surface area contributed by atoms with E-state index >= 15 is 0 Å². The molecule has 1 aromatic carbocycles. The molecule has 0 aliphatic rings. The van der Waals surface area contributed by atoms with Gasteiger partial charge in [0.15, 0.2) is 4.96 Å². The fraction of sp³-hybridized carbons (Fsp3) is 0.143. The van der Waals surface area contributed by atoms with Gasteiger partial charge in [-0.3, -0.25) is 19.3 Å². The number of hydrogen-bond donors (Lipinski definition) is 1. The Hall–Kier alpha value is -2.74. The van der Waals surface area contributed by atoms with Gasteiger partial charge in [0.2, 0.25) is 5.91 Å². The molecule has 0 aliphatic heterocycles. The lowest BCUT2D eigenvalue weighted by molar-refractivity contribution is -0.385. The van der Waals surface area contributed by atoms with Gasteiger partial charge < -0.3 is 5.32 Å². The summed E-state index contributed by atoms with van der Waals surface area (Å²) in [5.41, 5.74) is 1.11. The molecule has 0 fully saturated rings. The third kappa shape index (κ3) is 2.96. The molecular weight excluding hydrogens is 304 g/mol. The highest BCUT2D eigenvalue weighted by atomic mass is 32.1. The number of amides is 1. The molecule has 112 valence electrons. The zero-order valence-electron chi connectivity index (χ0n) is 11.4. The molecule has 0 saturated carbocycles. The smallest absolute Gasteiger partial charge is 0.273 e. The molecule has 2 heterocycles. The van der Waals surface area contributed by atoms with Crippen LogP contribution in [-0.2, 0) is 17.8 Å². The number of aromatic nitrogens is 2. The number of carbonyl (C=O) groups excluding carboxylic acids is 1. The first-order chi connectivity index (χ1) is 10.6. The van der Waals surface area contributed by atoms with Gasteiger partial charge in [-0.1, -0.05) is 18.2 Å². The summed E-state index contributed by atoms with van der Waals surface area (Å²) in [5.74, 6) is -0.273. The summed E-state index contributed by atoms with van der Waals surface area (Å²) in [5, 5.41) is 15.6. The number of thiazole rings is 1. The number of rotatable bonds is 5. The lowest BCUT2D eigenvalue weighted by atomic mass is 10.1. The van der Waals surface area contributed by atoms with Crippen molar-refractivity contribution in [3.05, 3.63) is 63.4 Å². The van der Waals surface area contributed by atoms with Gasteiger partial charge in [-0.25, -0.2) is 4.98 Å². The number of hydrogen-bond acceptors (Lipinski definition) is 5. The second-order valence-electron chi connectivity index (χ2n) is 4.66. The molecule has 1 N–H and O–H groups in total. The topological polar surface area (TPSA) is 89.5 Å². The molecule has 0 saturated heterocycles. The Labute approximate surface area is 129 Å². The summed E-state index contributed by atoms with van der Waals surface area (Å²) in [6.07, 6.45) is 3.71. The van der Waals surface area contributed by atoms with Crippen LogP contribution in [0.5, 0.6) is 0 Å². The minimum atomic E-state index is -0.480. The van der Waals surface area contributed by atoms with Gasteiger partial charge in [-0.2, -0.15) is 0 Å². The molecule has 22 heavy (non-hydrogen) atoms. The second-order valence-corrected chi connectivity index (χ2v) is 5.54.